The molecule has 1 aliphatic rings. The van der Waals surface area contributed by atoms with E-state index in [0.717, 1.165) is 43.3 Å². The molecule has 0 aliphatic carbocycles. The smallest absolute Gasteiger partial charge is 0.356 e. The third-order valence-electron chi connectivity index (χ3n) is 4.90. The van der Waals surface area contributed by atoms with Crippen molar-refractivity contribution >= 4 is 5.97 Å². The van der Waals surface area contributed by atoms with E-state index in [-0.39, 0.29) is 18.6 Å². The van der Waals surface area contributed by atoms with Crippen LogP contribution in [-0.2, 0) is 17.8 Å². The summed E-state index contributed by atoms with van der Waals surface area (Å²) in [6.45, 7) is 8.13. The minimum atomic E-state index is -0.372. The maximum Gasteiger partial charge on any atom is 0.356 e. The van der Waals surface area contributed by atoms with E-state index >= 15 is 0 Å². The lowest BCUT2D eigenvalue weighted by molar-refractivity contribution is 0.0440. The number of rotatable bonds is 8. The number of aliphatic hydroxyl groups excluding tert-OH is 1. The van der Waals surface area contributed by atoms with Crippen molar-refractivity contribution in [2.75, 3.05) is 32.8 Å². The first-order valence-electron chi connectivity index (χ1n) is 9.42. The Morgan fingerprint density at radius 2 is 2.26 bits per heavy atom. The van der Waals surface area contributed by atoms with E-state index in [1.54, 1.807) is 13.1 Å². The van der Waals surface area contributed by atoms with Crippen LogP contribution in [0.1, 0.15) is 40.9 Å². The first-order valence-corrected chi connectivity index (χ1v) is 9.42. The number of aromatic amines is 1. The molecule has 2 N–H and O–H groups in total. The first-order chi connectivity index (χ1) is 13.1. The summed E-state index contributed by atoms with van der Waals surface area (Å²) in [7, 11) is 0. The van der Waals surface area contributed by atoms with E-state index in [9.17, 15) is 9.90 Å². The maximum absolute atomic E-state index is 12.0. The van der Waals surface area contributed by atoms with Crippen LogP contribution in [0.15, 0.2) is 22.7 Å². The van der Waals surface area contributed by atoms with Crippen LogP contribution in [0.5, 0.6) is 0 Å². The van der Waals surface area contributed by atoms with Gasteiger partial charge >= 0.3 is 5.97 Å². The lowest BCUT2D eigenvalue weighted by atomic mass is 10.1. The topological polar surface area (TPSA) is 94.8 Å². The van der Waals surface area contributed by atoms with Crippen LogP contribution in [0.4, 0.5) is 0 Å². The zero-order valence-corrected chi connectivity index (χ0v) is 16.0. The highest BCUT2D eigenvalue weighted by Gasteiger charge is 2.28. The Hall–Kier alpha value is -2.16. The molecule has 1 atom stereocenters. The third-order valence-corrected chi connectivity index (χ3v) is 4.90. The van der Waals surface area contributed by atoms with Crippen LogP contribution < -0.4 is 0 Å². The Morgan fingerprint density at radius 3 is 2.96 bits per heavy atom. The number of carbonyl (C=O) groups is 1. The lowest BCUT2D eigenvalue weighted by Crippen LogP contribution is -2.52. The van der Waals surface area contributed by atoms with Gasteiger partial charge in [0, 0.05) is 44.4 Å². The highest BCUT2D eigenvalue weighted by molar-refractivity contribution is 5.88. The quantitative estimate of drug-likeness (QED) is 0.675. The number of furan rings is 1. The van der Waals surface area contributed by atoms with Crippen molar-refractivity contribution < 1.29 is 19.1 Å². The Labute approximate surface area is 159 Å². The average Bonchev–Trinajstić information content (AvgIpc) is 3.26. The van der Waals surface area contributed by atoms with E-state index in [2.05, 4.69) is 20.0 Å². The first kappa shape index (κ1) is 19.6. The number of nitrogens with zero attached hydrogens (tertiary/aromatic N) is 3. The number of aryl methyl sites for hydroxylation is 1. The summed E-state index contributed by atoms with van der Waals surface area (Å²) < 4.78 is 10.8. The molecule has 2 aromatic rings. The molecular formula is C19H28N4O4. The lowest BCUT2D eigenvalue weighted by Gasteiger charge is -2.41. The molecule has 0 amide bonds. The SMILES string of the molecule is CCOC(=O)c1[nH]ncc1CN1CCN(Cc2ccc(C)o2)[C@H](CCO)C1. The molecule has 0 saturated carbocycles. The van der Waals surface area contributed by atoms with Crippen molar-refractivity contribution in [3.63, 3.8) is 0 Å². The van der Waals surface area contributed by atoms with Crippen LogP contribution in [-0.4, -0.2) is 70.0 Å². The highest BCUT2D eigenvalue weighted by Crippen LogP contribution is 2.20. The predicted molar refractivity (Wildman–Crippen MR) is 99.2 cm³/mol. The van der Waals surface area contributed by atoms with Gasteiger partial charge in [-0.2, -0.15) is 5.10 Å². The van der Waals surface area contributed by atoms with Gasteiger partial charge in [0.15, 0.2) is 0 Å². The van der Waals surface area contributed by atoms with Crippen LogP contribution in [0, 0.1) is 6.92 Å². The molecule has 8 heteroatoms. The third kappa shape index (κ3) is 4.97. The summed E-state index contributed by atoms with van der Waals surface area (Å²) in [5.74, 6) is 1.49. The van der Waals surface area contributed by atoms with Crippen molar-refractivity contribution in [3.05, 3.63) is 41.1 Å². The minimum absolute atomic E-state index is 0.145. The largest absolute Gasteiger partial charge is 0.465 e. The summed E-state index contributed by atoms with van der Waals surface area (Å²) >= 11 is 0. The predicted octanol–water partition coefficient (Wildman–Crippen LogP) is 1.56. The van der Waals surface area contributed by atoms with Crippen LogP contribution in [0.2, 0.25) is 0 Å². The number of piperazine rings is 1. The van der Waals surface area contributed by atoms with Gasteiger partial charge in [0.05, 0.1) is 19.3 Å². The number of carbonyl (C=O) groups excluding carboxylic acids is 1. The molecular weight excluding hydrogens is 348 g/mol. The summed E-state index contributed by atoms with van der Waals surface area (Å²) in [6.07, 6.45) is 2.39. The second-order valence-electron chi connectivity index (χ2n) is 6.87. The van der Waals surface area contributed by atoms with Gasteiger partial charge < -0.3 is 14.3 Å². The van der Waals surface area contributed by atoms with Gasteiger partial charge in [-0.05, 0) is 32.4 Å². The van der Waals surface area contributed by atoms with E-state index in [0.29, 0.717) is 25.3 Å². The molecule has 3 rings (SSSR count). The number of ether oxygens (including phenoxy) is 1. The molecule has 2 aromatic heterocycles. The average molecular weight is 376 g/mol. The van der Waals surface area contributed by atoms with Gasteiger partial charge in [0.2, 0.25) is 0 Å². The number of nitrogens with one attached hydrogen (secondary N) is 1. The number of aliphatic hydroxyl groups is 1. The molecule has 1 fully saturated rings. The zero-order chi connectivity index (χ0) is 19.2. The van der Waals surface area contributed by atoms with Crippen molar-refractivity contribution in [2.24, 2.45) is 0 Å². The maximum atomic E-state index is 12.0. The Balaban J connectivity index is 1.63. The highest BCUT2D eigenvalue weighted by atomic mass is 16.5. The fraction of sp³-hybridized carbons (Fsp3) is 0.579. The van der Waals surface area contributed by atoms with Crippen molar-refractivity contribution in [2.45, 2.75) is 39.4 Å². The summed E-state index contributed by atoms with van der Waals surface area (Å²) in [5, 5.41) is 16.2. The van der Waals surface area contributed by atoms with Gasteiger partial charge in [-0.3, -0.25) is 14.9 Å². The molecule has 1 aliphatic heterocycles. The van der Waals surface area contributed by atoms with Crippen LogP contribution >= 0.6 is 0 Å². The fourth-order valence-electron chi connectivity index (χ4n) is 3.55. The minimum Gasteiger partial charge on any atom is -0.465 e. The fourth-order valence-corrected chi connectivity index (χ4v) is 3.55. The Morgan fingerprint density at radius 1 is 1.41 bits per heavy atom. The molecule has 0 spiro atoms. The van der Waals surface area contributed by atoms with E-state index in [1.165, 1.54) is 0 Å². The summed E-state index contributed by atoms with van der Waals surface area (Å²) in [5.41, 5.74) is 1.26. The molecule has 0 radical (unpaired) electrons. The number of esters is 1. The molecule has 0 bridgehead atoms. The molecule has 0 aromatic carbocycles. The Bertz CT molecular complexity index is 742. The Kier molecular flexibility index (Phi) is 6.65. The number of aromatic nitrogens is 2. The van der Waals surface area contributed by atoms with E-state index in [1.807, 2.05) is 19.1 Å². The summed E-state index contributed by atoms with van der Waals surface area (Å²) in [4.78, 5) is 16.7. The van der Waals surface area contributed by atoms with Gasteiger partial charge in [-0.25, -0.2) is 4.79 Å². The molecule has 0 unspecified atom stereocenters. The molecule has 1 saturated heterocycles. The van der Waals surface area contributed by atoms with Gasteiger partial charge in [0.1, 0.15) is 17.2 Å². The zero-order valence-electron chi connectivity index (χ0n) is 16.0. The molecule has 8 nitrogen and oxygen atoms in total. The number of hydrogen-bond donors (Lipinski definition) is 2. The van der Waals surface area contributed by atoms with E-state index < -0.39 is 0 Å². The normalized spacial score (nSPS) is 18.7. The molecule has 3 heterocycles. The van der Waals surface area contributed by atoms with Crippen molar-refractivity contribution in [1.29, 1.82) is 0 Å². The number of H-pyrrole nitrogens is 1. The monoisotopic (exact) mass is 376 g/mol. The second kappa shape index (κ2) is 9.16. The van der Waals surface area contributed by atoms with Crippen molar-refractivity contribution in [1.82, 2.24) is 20.0 Å². The van der Waals surface area contributed by atoms with Crippen molar-refractivity contribution in [3.8, 4) is 0 Å². The number of hydrogen-bond acceptors (Lipinski definition) is 7. The van der Waals surface area contributed by atoms with Crippen LogP contribution in [0.3, 0.4) is 0 Å². The van der Waals surface area contributed by atoms with Gasteiger partial charge in [0.25, 0.3) is 0 Å². The van der Waals surface area contributed by atoms with Gasteiger partial charge in [-0.15, -0.1) is 0 Å². The van der Waals surface area contributed by atoms with E-state index in [4.69, 9.17) is 9.15 Å². The standard InChI is InChI=1S/C19H28N4O4/c1-3-26-19(25)18-15(10-20-21-18)11-22-7-8-23(16(12-22)6-9-24)13-17-5-4-14(2)27-17/h4-5,10,16,24H,3,6-9,11-13H2,1-2H3,(H,20,21)/t16-/m1/s1. The van der Waals surface area contributed by atoms with Gasteiger partial charge in [-0.1, -0.05) is 0 Å². The van der Waals surface area contributed by atoms with Crippen LogP contribution in [0.25, 0.3) is 0 Å². The second-order valence-corrected chi connectivity index (χ2v) is 6.87. The summed E-state index contributed by atoms with van der Waals surface area (Å²) in [6, 6.07) is 4.21. The molecule has 148 valence electrons. The molecule has 27 heavy (non-hydrogen) atoms.